The van der Waals surface area contributed by atoms with E-state index in [0.717, 1.165) is 29.9 Å². The van der Waals surface area contributed by atoms with Crippen molar-refractivity contribution in [2.24, 2.45) is 10.3 Å². The summed E-state index contributed by atoms with van der Waals surface area (Å²) in [5.74, 6) is 1.67. The van der Waals surface area contributed by atoms with E-state index in [1.54, 1.807) is 38.5 Å². The van der Waals surface area contributed by atoms with Crippen LogP contribution in [0.15, 0.2) is 51.8 Å². The Morgan fingerprint density at radius 1 is 1.19 bits per heavy atom. The molecule has 2 aliphatic heterocycles. The Labute approximate surface area is 188 Å². The van der Waals surface area contributed by atoms with Gasteiger partial charge in [0.15, 0.2) is 5.84 Å². The summed E-state index contributed by atoms with van der Waals surface area (Å²) in [6.45, 7) is 1.58. The number of fused-ring (bicyclic) bond motifs is 1. The number of methoxy groups -OCH3 is 2. The van der Waals surface area contributed by atoms with Crippen LogP contribution in [-0.2, 0) is 21.2 Å². The SMILES string of the molecule is COc1ccc(OC)c(CCNC(=O)C2CCCN(C3=NS(=O)(=O)c4ccccc43)C2)c1. The van der Waals surface area contributed by atoms with Gasteiger partial charge >= 0.3 is 0 Å². The molecule has 2 heterocycles. The summed E-state index contributed by atoms with van der Waals surface area (Å²) in [6, 6.07) is 12.4. The number of piperidine rings is 1. The number of nitrogens with one attached hydrogen (secondary N) is 1. The maximum absolute atomic E-state index is 12.8. The van der Waals surface area contributed by atoms with Crippen molar-refractivity contribution in [2.45, 2.75) is 24.2 Å². The maximum atomic E-state index is 12.8. The molecule has 2 aromatic rings. The van der Waals surface area contributed by atoms with Gasteiger partial charge in [-0.3, -0.25) is 4.79 Å². The fourth-order valence-electron chi connectivity index (χ4n) is 4.24. The Balaban J connectivity index is 1.39. The van der Waals surface area contributed by atoms with E-state index in [1.807, 2.05) is 23.1 Å². The molecule has 2 aliphatic rings. The molecule has 170 valence electrons. The molecule has 1 saturated heterocycles. The minimum atomic E-state index is -3.68. The molecule has 8 nitrogen and oxygen atoms in total. The topological polar surface area (TPSA) is 97.3 Å². The molecule has 1 unspecified atom stereocenters. The highest BCUT2D eigenvalue weighted by atomic mass is 32.2. The van der Waals surface area contributed by atoms with Crippen LogP contribution < -0.4 is 14.8 Å². The molecule has 1 N–H and O–H groups in total. The fourth-order valence-corrected chi connectivity index (χ4v) is 5.47. The normalized spacial score (nSPS) is 19.1. The monoisotopic (exact) mass is 457 g/mol. The van der Waals surface area contributed by atoms with Crippen LogP contribution in [0.4, 0.5) is 0 Å². The average molecular weight is 458 g/mol. The van der Waals surface area contributed by atoms with Crippen LogP contribution >= 0.6 is 0 Å². The van der Waals surface area contributed by atoms with Crippen LogP contribution in [-0.4, -0.2) is 58.9 Å². The quantitative estimate of drug-likeness (QED) is 0.715. The van der Waals surface area contributed by atoms with Gasteiger partial charge in [0.25, 0.3) is 10.0 Å². The second kappa shape index (κ2) is 9.20. The molecule has 0 aromatic heterocycles. The van der Waals surface area contributed by atoms with Gasteiger partial charge in [0.1, 0.15) is 16.4 Å². The largest absolute Gasteiger partial charge is 0.497 e. The van der Waals surface area contributed by atoms with E-state index in [-0.39, 0.29) is 16.7 Å². The van der Waals surface area contributed by atoms with Gasteiger partial charge in [-0.2, -0.15) is 8.42 Å². The minimum absolute atomic E-state index is 0.0358. The molecule has 1 atom stereocenters. The van der Waals surface area contributed by atoms with Crippen LogP contribution in [0.25, 0.3) is 0 Å². The number of carbonyl (C=O) groups is 1. The smallest absolute Gasteiger partial charge is 0.285 e. The number of amides is 1. The fraction of sp³-hybridized carbons (Fsp3) is 0.391. The Bertz CT molecular complexity index is 1150. The van der Waals surface area contributed by atoms with Crippen molar-refractivity contribution in [3.8, 4) is 11.5 Å². The number of sulfonamides is 1. The van der Waals surface area contributed by atoms with Gasteiger partial charge < -0.3 is 19.7 Å². The summed E-state index contributed by atoms with van der Waals surface area (Å²) in [5, 5.41) is 3.02. The van der Waals surface area contributed by atoms with Crippen LogP contribution in [0, 0.1) is 5.92 Å². The predicted octanol–water partition coefficient (Wildman–Crippen LogP) is 2.22. The summed E-state index contributed by atoms with van der Waals surface area (Å²) in [7, 11) is -0.448. The van der Waals surface area contributed by atoms with Crippen LogP contribution in [0.1, 0.15) is 24.0 Å². The Morgan fingerprint density at radius 3 is 2.78 bits per heavy atom. The lowest BCUT2D eigenvalue weighted by atomic mass is 9.96. The Morgan fingerprint density at radius 2 is 2.00 bits per heavy atom. The zero-order chi connectivity index (χ0) is 22.7. The summed E-state index contributed by atoms with van der Waals surface area (Å²) < 4.78 is 39.4. The lowest BCUT2D eigenvalue weighted by Crippen LogP contribution is -2.45. The third-order valence-electron chi connectivity index (χ3n) is 5.89. The zero-order valence-electron chi connectivity index (χ0n) is 18.2. The van der Waals surface area contributed by atoms with Crippen molar-refractivity contribution in [3.63, 3.8) is 0 Å². The van der Waals surface area contributed by atoms with E-state index in [1.165, 1.54) is 0 Å². The number of benzene rings is 2. The zero-order valence-corrected chi connectivity index (χ0v) is 19.0. The van der Waals surface area contributed by atoms with Crippen molar-refractivity contribution in [1.29, 1.82) is 0 Å². The first-order valence-corrected chi connectivity index (χ1v) is 12.0. The summed E-state index contributed by atoms with van der Waals surface area (Å²) in [6.07, 6.45) is 2.16. The van der Waals surface area contributed by atoms with Gasteiger partial charge in [-0.05, 0) is 55.2 Å². The van der Waals surface area contributed by atoms with Gasteiger partial charge in [0, 0.05) is 25.2 Å². The molecule has 0 bridgehead atoms. The molecule has 2 aromatic carbocycles. The number of nitrogens with zero attached hydrogens (tertiary/aromatic N) is 2. The lowest BCUT2D eigenvalue weighted by molar-refractivity contribution is -0.126. The van der Waals surface area contributed by atoms with Crippen molar-refractivity contribution in [1.82, 2.24) is 10.2 Å². The number of hydrogen-bond donors (Lipinski definition) is 1. The maximum Gasteiger partial charge on any atom is 0.285 e. The van der Waals surface area contributed by atoms with Crippen molar-refractivity contribution >= 4 is 21.8 Å². The van der Waals surface area contributed by atoms with Gasteiger partial charge in [-0.25, -0.2) is 0 Å². The van der Waals surface area contributed by atoms with E-state index in [9.17, 15) is 13.2 Å². The second-order valence-electron chi connectivity index (χ2n) is 7.89. The lowest BCUT2D eigenvalue weighted by Gasteiger charge is -2.33. The second-order valence-corrected chi connectivity index (χ2v) is 9.46. The van der Waals surface area contributed by atoms with Gasteiger partial charge in [-0.1, -0.05) is 12.1 Å². The number of amidine groups is 1. The molecule has 1 fully saturated rings. The number of carbonyl (C=O) groups excluding carboxylic acids is 1. The Hall–Kier alpha value is -3.07. The molecule has 1 amide bonds. The number of likely N-dealkylation sites (tertiary alicyclic amines) is 1. The first kappa shape index (κ1) is 22.1. The molecule has 0 spiro atoms. The molecule has 0 radical (unpaired) electrons. The standard InChI is InChI=1S/C23H27N3O5S/c1-30-18-9-10-20(31-2)16(14-18)11-12-24-23(27)17-6-5-13-26(15-17)22-19-7-3-4-8-21(19)32(28,29)25-22/h3-4,7-10,14,17H,5-6,11-13,15H2,1-2H3,(H,24,27). The Kier molecular flexibility index (Phi) is 6.36. The summed E-state index contributed by atoms with van der Waals surface area (Å²) >= 11 is 0. The first-order chi connectivity index (χ1) is 15.4. The van der Waals surface area contributed by atoms with Gasteiger partial charge in [0.05, 0.1) is 20.1 Å². The third kappa shape index (κ3) is 4.43. The highest BCUT2D eigenvalue weighted by Gasteiger charge is 2.35. The number of hydrogen-bond acceptors (Lipinski definition) is 6. The van der Waals surface area contributed by atoms with E-state index in [0.29, 0.717) is 37.5 Å². The molecular weight excluding hydrogens is 430 g/mol. The molecule has 0 saturated carbocycles. The average Bonchev–Trinajstić information content (AvgIpc) is 3.10. The summed E-state index contributed by atoms with van der Waals surface area (Å²) in [4.78, 5) is 15.0. The predicted molar refractivity (Wildman–Crippen MR) is 121 cm³/mol. The van der Waals surface area contributed by atoms with Gasteiger partial charge in [-0.15, -0.1) is 4.40 Å². The molecule has 32 heavy (non-hydrogen) atoms. The third-order valence-corrected chi connectivity index (χ3v) is 7.21. The van der Waals surface area contributed by atoms with E-state index < -0.39 is 10.0 Å². The van der Waals surface area contributed by atoms with Crippen molar-refractivity contribution < 1.29 is 22.7 Å². The number of ether oxygens (including phenoxy) is 2. The highest BCUT2D eigenvalue weighted by molar-refractivity contribution is 7.90. The molecule has 4 rings (SSSR count). The summed E-state index contributed by atoms with van der Waals surface area (Å²) in [5.41, 5.74) is 1.57. The van der Waals surface area contributed by atoms with Crippen molar-refractivity contribution in [2.75, 3.05) is 33.9 Å². The van der Waals surface area contributed by atoms with E-state index in [2.05, 4.69) is 9.71 Å². The number of rotatable bonds is 6. The van der Waals surface area contributed by atoms with Crippen LogP contribution in [0.5, 0.6) is 11.5 Å². The first-order valence-electron chi connectivity index (χ1n) is 10.6. The molecule has 0 aliphatic carbocycles. The van der Waals surface area contributed by atoms with Crippen molar-refractivity contribution in [3.05, 3.63) is 53.6 Å². The highest BCUT2D eigenvalue weighted by Crippen LogP contribution is 2.30. The molecule has 9 heteroatoms. The minimum Gasteiger partial charge on any atom is -0.497 e. The van der Waals surface area contributed by atoms with E-state index >= 15 is 0 Å². The molecular formula is C23H27N3O5S. The van der Waals surface area contributed by atoms with Crippen LogP contribution in [0.2, 0.25) is 0 Å². The van der Waals surface area contributed by atoms with Crippen LogP contribution in [0.3, 0.4) is 0 Å². The van der Waals surface area contributed by atoms with Gasteiger partial charge in [0.2, 0.25) is 5.91 Å². The van der Waals surface area contributed by atoms with E-state index in [4.69, 9.17) is 9.47 Å².